The summed E-state index contributed by atoms with van der Waals surface area (Å²) in [7, 11) is 0. The second kappa shape index (κ2) is 11.2. The van der Waals surface area contributed by atoms with Gasteiger partial charge in [-0.1, -0.05) is 12.0 Å². The number of aromatic nitrogens is 3. The Morgan fingerprint density at radius 2 is 2.02 bits per heavy atom. The molecule has 3 aliphatic heterocycles. The van der Waals surface area contributed by atoms with Crippen LogP contribution in [-0.4, -0.2) is 89.7 Å². The number of benzene rings is 2. The number of piperazine rings is 1. The summed E-state index contributed by atoms with van der Waals surface area (Å²) in [4.78, 5) is 18.2. The highest BCUT2D eigenvalue weighted by Crippen LogP contribution is 2.48. The minimum absolute atomic E-state index is 0.0214. The van der Waals surface area contributed by atoms with Crippen LogP contribution in [0.25, 0.3) is 32.9 Å². The molecule has 0 radical (unpaired) electrons. The first-order chi connectivity index (χ1) is 22.3. The van der Waals surface area contributed by atoms with Crippen LogP contribution in [0.1, 0.15) is 31.2 Å². The standard InChI is InChI=1S/C34H33F3N6O3/c1-2-23-25(36)6-5-19-12-22(44)13-24(26(19)23)29-28(37)30-27-31(43-11-9-38-14-21(43)16-45-32(27)39-29)41-33(40-30)46-18-34(7-8-34)17-42-10-3-4-20(35)15-42/h1,5-6,12-13,20-21,38,44H,3-4,7-11,14-18H2/t20-,21-/m0/s1. The fourth-order valence-corrected chi connectivity index (χ4v) is 7.13. The van der Waals surface area contributed by atoms with E-state index in [1.54, 1.807) is 0 Å². The predicted molar refractivity (Wildman–Crippen MR) is 167 cm³/mol. The zero-order valence-corrected chi connectivity index (χ0v) is 25.2. The van der Waals surface area contributed by atoms with Crippen LogP contribution in [-0.2, 0) is 0 Å². The zero-order valence-electron chi connectivity index (χ0n) is 25.2. The van der Waals surface area contributed by atoms with Crippen molar-refractivity contribution >= 4 is 27.5 Å². The molecule has 4 aromatic rings. The van der Waals surface area contributed by atoms with Crippen LogP contribution in [0.2, 0.25) is 0 Å². The third-order valence-corrected chi connectivity index (χ3v) is 9.67. The van der Waals surface area contributed by atoms with E-state index in [2.05, 4.69) is 31.0 Å². The van der Waals surface area contributed by atoms with Crippen LogP contribution in [0.5, 0.6) is 17.6 Å². The molecule has 0 unspecified atom stereocenters. The van der Waals surface area contributed by atoms with Crippen LogP contribution in [0.3, 0.4) is 0 Å². The number of phenols is 1. The summed E-state index contributed by atoms with van der Waals surface area (Å²) in [6, 6.07) is 5.35. The van der Waals surface area contributed by atoms with E-state index in [4.69, 9.17) is 20.9 Å². The molecule has 2 N–H and O–H groups in total. The number of anilines is 1. The SMILES string of the molecule is C#Cc1c(F)ccc2cc(O)cc(-c3nc4c5c(nc(OCC6(CN7CCC[C@H](F)C7)CC6)nc5c3F)N3CCNC[C@H]3CO4)c12. The number of nitrogens with one attached hydrogen (secondary N) is 1. The predicted octanol–water partition coefficient (Wildman–Crippen LogP) is 4.57. The van der Waals surface area contributed by atoms with Gasteiger partial charge in [-0.15, -0.1) is 6.42 Å². The molecule has 0 amide bonds. The molecular formula is C34H33F3N6O3. The van der Waals surface area contributed by atoms with Gasteiger partial charge in [0.05, 0.1) is 18.2 Å². The summed E-state index contributed by atoms with van der Waals surface area (Å²) in [5, 5.41) is 14.9. The van der Waals surface area contributed by atoms with Gasteiger partial charge in [-0.25, -0.2) is 18.2 Å². The number of aromatic hydroxyl groups is 1. The Morgan fingerprint density at radius 3 is 2.83 bits per heavy atom. The molecule has 9 nitrogen and oxygen atoms in total. The molecule has 4 aliphatic rings. The van der Waals surface area contributed by atoms with Crippen molar-refractivity contribution in [1.29, 1.82) is 0 Å². The van der Waals surface area contributed by atoms with Gasteiger partial charge >= 0.3 is 6.01 Å². The van der Waals surface area contributed by atoms with Crippen molar-refractivity contribution in [2.75, 3.05) is 57.4 Å². The van der Waals surface area contributed by atoms with E-state index in [0.717, 1.165) is 32.4 Å². The van der Waals surface area contributed by atoms with Gasteiger partial charge in [-0.3, -0.25) is 4.90 Å². The topological polar surface area (TPSA) is 95.9 Å². The number of ether oxygens (including phenoxy) is 2. The molecule has 1 aliphatic carbocycles. The second-order valence-electron chi connectivity index (χ2n) is 12.9. The molecule has 1 saturated carbocycles. The number of terminal acetylenes is 1. The fourth-order valence-electron chi connectivity index (χ4n) is 7.13. The number of rotatable bonds is 6. The van der Waals surface area contributed by atoms with Gasteiger partial charge in [-0.05, 0) is 55.8 Å². The number of phenolic OH excluding ortho intramolecular Hbond substituents is 1. The first-order valence-corrected chi connectivity index (χ1v) is 15.8. The summed E-state index contributed by atoms with van der Waals surface area (Å²) >= 11 is 0. The highest BCUT2D eigenvalue weighted by molar-refractivity contribution is 6.04. The van der Waals surface area contributed by atoms with Crippen LogP contribution in [0.4, 0.5) is 19.0 Å². The highest BCUT2D eigenvalue weighted by atomic mass is 19.1. The number of alkyl halides is 1. The maximum atomic E-state index is 16.9. The highest BCUT2D eigenvalue weighted by Gasteiger charge is 2.46. The summed E-state index contributed by atoms with van der Waals surface area (Å²) in [6.07, 6.45) is 8.22. The summed E-state index contributed by atoms with van der Waals surface area (Å²) in [5.41, 5.74) is -0.344. The van der Waals surface area contributed by atoms with E-state index in [-0.39, 0.29) is 63.4 Å². The quantitative estimate of drug-likeness (QED) is 0.297. The molecule has 0 spiro atoms. The van der Waals surface area contributed by atoms with Crippen molar-refractivity contribution < 1.29 is 27.8 Å². The molecule has 0 bridgehead atoms. The molecule has 238 valence electrons. The molecule has 2 atom stereocenters. The number of hydrogen-bond donors (Lipinski definition) is 2. The Labute approximate surface area is 263 Å². The lowest BCUT2D eigenvalue weighted by molar-refractivity contribution is 0.0974. The molecular weight excluding hydrogens is 597 g/mol. The number of piperidine rings is 1. The molecule has 2 aromatic heterocycles. The van der Waals surface area contributed by atoms with Crippen molar-refractivity contribution in [3.63, 3.8) is 0 Å². The minimum atomic E-state index is -0.808. The molecule has 2 aromatic carbocycles. The number of hydrogen-bond acceptors (Lipinski definition) is 9. The first-order valence-electron chi connectivity index (χ1n) is 15.8. The Morgan fingerprint density at radius 1 is 1.15 bits per heavy atom. The van der Waals surface area contributed by atoms with Crippen molar-refractivity contribution in [2.45, 2.75) is 37.9 Å². The zero-order chi connectivity index (χ0) is 31.6. The number of likely N-dealkylation sites (tertiary alicyclic amines) is 1. The van der Waals surface area contributed by atoms with E-state index in [0.29, 0.717) is 55.8 Å². The monoisotopic (exact) mass is 630 g/mol. The van der Waals surface area contributed by atoms with Crippen LogP contribution in [0, 0.1) is 29.4 Å². The van der Waals surface area contributed by atoms with Gasteiger partial charge in [-0.2, -0.15) is 9.97 Å². The Kier molecular flexibility index (Phi) is 7.06. The van der Waals surface area contributed by atoms with Crippen molar-refractivity contribution in [1.82, 2.24) is 25.2 Å². The van der Waals surface area contributed by atoms with Crippen molar-refractivity contribution in [2.24, 2.45) is 5.41 Å². The molecule has 8 rings (SSSR count). The Bertz CT molecular complexity index is 1910. The third-order valence-electron chi connectivity index (χ3n) is 9.67. The van der Waals surface area contributed by atoms with E-state index in [9.17, 15) is 13.9 Å². The number of fused-ring (bicyclic) bond motifs is 3. The number of pyridine rings is 1. The minimum Gasteiger partial charge on any atom is -0.508 e. The van der Waals surface area contributed by atoms with Crippen molar-refractivity contribution in [3.05, 3.63) is 41.5 Å². The third kappa shape index (κ3) is 5.02. The Balaban J connectivity index is 1.25. The van der Waals surface area contributed by atoms with Crippen molar-refractivity contribution in [3.8, 4) is 41.2 Å². The van der Waals surface area contributed by atoms with Crippen LogP contribution < -0.4 is 19.7 Å². The van der Waals surface area contributed by atoms with E-state index >= 15 is 4.39 Å². The van der Waals surface area contributed by atoms with Gasteiger partial charge < -0.3 is 24.8 Å². The maximum absolute atomic E-state index is 16.9. The lowest BCUT2D eigenvalue weighted by Gasteiger charge is -2.35. The second-order valence-corrected chi connectivity index (χ2v) is 12.9. The van der Waals surface area contributed by atoms with E-state index < -0.39 is 17.8 Å². The molecule has 3 fully saturated rings. The fraction of sp³-hybridized carbons (Fsp3) is 0.441. The average Bonchev–Trinajstić information content (AvgIpc) is 3.84. The average molecular weight is 631 g/mol. The van der Waals surface area contributed by atoms with E-state index in [1.165, 1.54) is 24.3 Å². The van der Waals surface area contributed by atoms with Gasteiger partial charge in [0.1, 0.15) is 46.8 Å². The lowest BCUT2D eigenvalue weighted by Crippen LogP contribution is -2.53. The van der Waals surface area contributed by atoms with Gasteiger partial charge in [0.2, 0.25) is 5.88 Å². The molecule has 2 saturated heterocycles. The molecule has 12 heteroatoms. The number of halogens is 3. The summed E-state index contributed by atoms with van der Waals surface area (Å²) in [6.45, 7) is 4.53. The normalized spacial score (nSPS) is 22.2. The van der Waals surface area contributed by atoms with Gasteiger partial charge in [0.25, 0.3) is 0 Å². The maximum Gasteiger partial charge on any atom is 0.319 e. The van der Waals surface area contributed by atoms with Crippen LogP contribution >= 0.6 is 0 Å². The van der Waals surface area contributed by atoms with Gasteiger partial charge in [0.15, 0.2) is 5.82 Å². The summed E-state index contributed by atoms with van der Waals surface area (Å²) < 4.78 is 58.3. The largest absolute Gasteiger partial charge is 0.508 e. The first kappa shape index (κ1) is 29.1. The van der Waals surface area contributed by atoms with Gasteiger partial charge in [0, 0.05) is 49.1 Å². The van der Waals surface area contributed by atoms with E-state index in [1.807, 2.05) is 0 Å². The number of nitrogens with zero attached hydrogens (tertiary/aromatic N) is 5. The molecule has 5 heterocycles. The smallest absolute Gasteiger partial charge is 0.319 e. The van der Waals surface area contributed by atoms with Crippen LogP contribution in [0.15, 0.2) is 24.3 Å². The summed E-state index contributed by atoms with van der Waals surface area (Å²) in [5.74, 6) is 1.35. The molecule has 46 heavy (non-hydrogen) atoms. The lowest BCUT2D eigenvalue weighted by atomic mass is 9.95. The Hall–Kier alpha value is -4.34.